The number of ether oxygens (including phenoxy) is 1. The molecule has 2 aromatic carbocycles. The first-order chi connectivity index (χ1) is 10.1. The van der Waals surface area contributed by atoms with Crippen molar-refractivity contribution in [2.24, 2.45) is 0 Å². The van der Waals surface area contributed by atoms with Gasteiger partial charge in [0, 0.05) is 11.3 Å². The molecule has 0 saturated heterocycles. The summed E-state index contributed by atoms with van der Waals surface area (Å²) in [6, 6.07) is 14.7. The minimum atomic E-state index is -0.638. The van der Waals surface area contributed by atoms with Crippen LogP contribution in [-0.2, 0) is 4.79 Å². The van der Waals surface area contributed by atoms with Gasteiger partial charge in [-0.1, -0.05) is 35.9 Å². The molecule has 4 heteroatoms. The third-order valence-electron chi connectivity index (χ3n) is 3.06. The summed E-state index contributed by atoms with van der Waals surface area (Å²) in [6.45, 7) is 3.55. The van der Waals surface area contributed by atoms with Crippen molar-refractivity contribution in [2.45, 2.75) is 20.0 Å². The molecule has 0 radical (unpaired) electrons. The largest absolute Gasteiger partial charge is 0.483 e. The molecule has 0 heterocycles. The molecule has 0 fully saturated rings. The zero-order valence-corrected chi connectivity index (χ0v) is 12.2. The van der Waals surface area contributed by atoms with Crippen molar-refractivity contribution in [3.63, 3.8) is 0 Å². The van der Waals surface area contributed by atoms with Crippen LogP contribution in [0.4, 0.5) is 5.69 Å². The molecule has 110 valence electrons. The standard InChI is InChI=1S/C17H19NO3/c1-12-7-9-14(10-8-12)18-17(20)11-21-16-6-4-3-5-15(16)13(2)19/h3-10,13,19H,11H2,1-2H3,(H,18,20)/t13-/m0/s1. The number of carbonyl (C=O) groups is 1. The van der Waals surface area contributed by atoms with E-state index in [-0.39, 0.29) is 12.5 Å². The van der Waals surface area contributed by atoms with Gasteiger partial charge in [-0.15, -0.1) is 0 Å². The molecular formula is C17H19NO3. The summed E-state index contributed by atoms with van der Waals surface area (Å²) in [5.74, 6) is 0.283. The van der Waals surface area contributed by atoms with Gasteiger partial charge in [-0.05, 0) is 32.0 Å². The Kier molecular flexibility index (Phi) is 4.95. The Morgan fingerprint density at radius 1 is 1.19 bits per heavy atom. The molecule has 0 unspecified atom stereocenters. The number of amides is 1. The maximum absolute atomic E-state index is 11.9. The summed E-state index contributed by atoms with van der Waals surface area (Å²) in [4.78, 5) is 11.9. The van der Waals surface area contributed by atoms with Gasteiger partial charge < -0.3 is 15.2 Å². The minimum absolute atomic E-state index is 0.0996. The number of carbonyl (C=O) groups excluding carboxylic acids is 1. The molecule has 0 bridgehead atoms. The van der Waals surface area contributed by atoms with E-state index in [1.54, 1.807) is 25.1 Å². The van der Waals surface area contributed by atoms with E-state index in [0.29, 0.717) is 11.3 Å². The number of para-hydroxylation sites is 1. The van der Waals surface area contributed by atoms with Crippen molar-refractivity contribution in [2.75, 3.05) is 11.9 Å². The van der Waals surface area contributed by atoms with E-state index in [1.807, 2.05) is 37.3 Å². The fourth-order valence-corrected chi connectivity index (χ4v) is 1.93. The Morgan fingerprint density at radius 3 is 2.52 bits per heavy atom. The summed E-state index contributed by atoms with van der Waals surface area (Å²) in [5.41, 5.74) is 2.54. The third-order valence-corrected chi connectivity index (χ3v) is 3.06. The highest BCUT2D eigenvalue weighted by Gasteiger charge is 2.10. The number of anilines is 1. The Morgan fingerprint density at radius 2 is 1.86 bits per heavy atom. The second kappa shape index (κ2) is 6.90. The van der Waals surface area contributed by atoms with Gasteiger partial charge in [-0.25, -0.2) is 0 Å². The van der Waals surface area contributed by atoms with Crippen LogP contribution in [-0.4, -0.2) is 17.6 Å². The number of aryl methyl sites for hydroxylation is 1. The van der Waals surface area contributed by atoms with Crippen LogP contribution in [0, 0.1) is 6.92 Å². The number of hydrogen-bond donors (Lipinski definition) is 2. The summed E-state index contributed by atoms with van der Waals surface area (Å²) in [5, 5.41) is 12.4. The van der Waals surface area contributed by atoms with Gasteiger partial charge in [0.05, 0.1) is 6.10 Å². The number of nitrogens with one attached hydrogen (secondary N) is 1. The lowest BCUT2D eigenvalue weighted by molar-refractivity contribution is -0.118. The fourth-order valence-electron chi connectivity index (χ4n) is 1.93. The zero-order valence-electron chi connectivity index (χ0n) is 12.2. The fraction of sp³-hybridized carbons (Fsp3) is 0.235. The Balaban J connectivity index is 1.94. The van der Waals surface area contributed by atoms with E-state index in [9.17, 15) is 9.90 Å². The molecule has 2 rings (SSSR count). The third kappa shape index (κ3) is 4.33. The molecular weight excluding hydrogens is 266 g/mol. The molecule has 2 N–H and O–H groups in total. The van der Waals surface area contributed by atoms with Crippen LogP contribution in [0.1, 0.15) is 24.2 Å². The van der Waals surface area contributed by atoms with E-state index < -0.39 is 6.10 Å². The molecule has 4 nitrogen and oxygen atoms in total. The number of aliphatic hydroxyl groups is 1. The molecule has 1 amide bonds. The topological polar surface area (TPSA) is 58.6 Å². The van der Waals surface area contributed by atoms with E-state index >= 15 is 0 Å². The highest BCUT2D eigenvalue weighted by molar-refractivity contribution is 5.91. The van der Waals surface area contributed by atoms with Crippen molar-refractivity contribution in [1.82, 2.24) is 0 Å². The van der Waals surface area contributed by atoms with Crippen LogP contribution < -0.4 is 10.1 Å². The average molecular weight is 285 g/mol. The SMILES string of the molecule is Cc1ccc(NC(=O)COc2ccccc2[C@H](C)O)cc1. The van der Waals surface area contributed by atoms with E-state index in [2.05, 4.69) is 5.32 Å². The number of hydrogen-bond acceptors (Lipinski definition) is 3. The van der Waals surface area contributed by atoms with E-state index in [0.717, 1.165) is 11.3 Å². The molecule has 0 spiro atoms. The summed E-state index contributed by atoms with van der Waals surface area (Å²) >= 11 is 0. The second-order valence-electron chi connectivity index (χ2n) is 4.92. The van der Waals surface area contributed by atoms with Crippen molar-refractivity contribution < 1.29 is 14.6 Å². The van der Waals surface area contributed by atoms with Crippen molar-refractivity contribution >= 4 is 11.6 Å². The Hall–Kier alpha value is -2.33. The highest BCUT2D eigenvalue weighted by atomic mass is 16.5. The zero-order chi connectivity index (χ0) is 15.2. The summed E-state index contributed by atoms with van der Waals surface area (Å²) in [7, 11) is 0. The van der Waals surface area contributed by atoms with Crippen molar-refractivity contribution in [1.29, 1.82) is 0 Å². The maximum atomic E-state index is 11.9. The number of aliphatic hydroxyl groups excluding tert-OH is 1. The molecule has 0 aliphatic carbocycles. The van der Waals surface area contributed by atoms with Gasteiger partial charge in [0.1, 0.15) is 5.75 Å². The molecule has 2 aromatic rings. The van der Waals surface area contributed by atoms with Crippen LogP contribution in [0.5, 0.6) is 5.75 Å². The van der Waals surface area contributed by atoms with Crippen LogP contribution in [0.25, 0.3) is 0 Å². The quantitative estimate of drug-likeness (QED) is 0.887. The Bertz CT molecular complexity index is 606. The Labute approximate surface area is 124 Å². The lowest BCUT2D eigenvalue weighted by atomic mass is 10.1. The van der Waals surface area contributed by atoms with Crippen LogP contribution in [0.3, 0.4) is 0 Å². The molecule has 0 saturated carbocycles. The molecule has 0 aromatic heterocycles. The lowest BCUT2D eigenvalue weighted by Crippen LogP contribution is -2.20. The monoisotopic (exact) mass is 285 g/mol. The average Bonchev–Trinajstić information content (AvgIpc) is 2.48. The first-order valence-corrected chi connectivity index (χ1v) is 6.82. The van der Waals surface area contributed by atoms with Gasteiger partial charge in [0.25, 0.3) is 5.91 Å². The van der Waals surface area contributed by atoms with Gasteiger partial charge in [0.15, 0.2) is 6.61 Å². The maximum Gasteiger partial charge on any atom is 0.262 e. The lowest BCUT2D eigenvalue weighted by Gasteiger charge is -2.13. The first kappa shape index (κ1) is 15.1. The molecule has 0 aliphatic rings. The smallest absolute Gasteiger partial charge is 0.262 e. The van der Waals surface area contributed by atoms with Crippen LogP contribution >= 0.6 is 0 Å². The normalized spacial score (nSPS) is 11.8. The molecule has 0 aliphatic heterocycles. The highest BCUT2D eigenvalue weighted by Crippen LogP contribution is 2.24. The molecule has 1 atom stereocenters. The summed E-state index contributed by atoms with van der Waals surface area (Å²) in [6.07, 6.45) is -0.638. The van der Waals surface area contributed by atoms with Gasteiger partial charge >= 0.3 is 0 Å². The van der Waals surface area contributed by atoms with Crippen molar-refractivity contribution in [3.05, 3.63) is 59.7 Å². The predicted molar refractivity (Wildman–Crippen MR) is 82.4 cm³/mol. The molecule has 21 heavy (non-hydrogen) atoms. The van der Waals surface area contributed by atoms with Gasteiger partial charge in [-0.3, -0.25) is 4.79 Å². The van der Waals surface area contributed by atoms with Gasteiger partial charge in [-0.2, -0.15) is 0 Å². The van der Waals surface area contributed by atoms with E-state index in [1.165, 1.54) is 0 Å². The van der Waals surface area contributed by atoms with Crippen molar-refractivity contribution in [3.8, 4) is 5.75 Å². The predicted octanol–water partition coefficient (Wildman–Crippen LogP) is 3.07. The van der Waals surface area contributed by atoms with Crippen LogP contribution in [0.2, 0.25) is 0 Å². The van der Waals surface area contributed by atoms with E-state index in [4.69, 9.17) is 4.74 Å². The number of benzene rings is 2. The number of rotatable bonds is 5. The second-order valence-corrected chi connectivity index (χ2v) is 4.92. The van der Waals surface area contributed by atoms with Gasteiger partial charge in [0.2, 0.25) is 0 Å². The first-order valence-electron chi connectivity index (χ1n) is 6.82. The minimum Gasteiger partial charge on any atom is -0.483 e. The van der Waals surface area contributed by atoms with Crippen LogP contribution in [0.15, 0.2) is 48.5 Å². The summed E-state index contributed by atoms with van der Waals surface area (Å²) < 4.78 is 5.48.